The minimum Gasteiger partial charge on any atom is -0.467 e. The van der Waals surface area contributed by atoms with Crippen molar-refractivity contribution < 1.29 is 18.9 Å². The molecule has 2 rings (SSSR count). The Morgan fingerprint density at radius 3 is 2.70 bits per heavy atom. The fraction of sp³-hybridized carbons (Fsp3) is 0.143. The van der Waals surface area contributed by atoms with Crippen LogP contribution in [0.2, 0.25) is 0 Å². The van der Waals surface area contributed by atoms with Gasteiger partial charge < -0.3 is 20.8 Å². The third-order valence-electron chi connectivity index (χ3n) is 2.94. The first-order chi connectivity index (χ1) is 11.0. The Hall–Kier alpha value is -3.36. The first-order valence-corrected chi connectivity index (χ1v) is 6.58. The number of carbonyl (C=O) groups is 2. The number of nitrogens with one attached hydrogen (secondary N) is 2. The third-order valence-corrected chi connectivity index (χ3v) is 2.94. The zero-order valence-corrected chi connectivity index (χ0v) is 11.9. The summed E-state index contributed by atoms with van der Waals surface area (Å²) in [6.45, 7) is -0.0627. The van der Waals surface area contributed by atoms with Crippen LogP contribution < -0.4 is 16.4 Å². The van der Waals surface area contributed by atoms with E-state index in [4.69, 9.17) is 10.2 Å². The molecule has 9 nitrogen and oxygen atoms in total. The molecule has 120 valence electrons. The van der Waals surface area contributed by atoms with E-state index in [9.17, 15) is 19.7 Å². The maximum Gasteiger partial charge on any atom is 0.292 e. The number of nitro groups is 1. The van der Waals surface area contributed by atoms with E-state index in [0.717, 1.165) is 6.07 Å². The number of nitrogens with zero attached hydrogens (tertiary/aromatic N) is 1. The number of hydrogen-bond donors (Lipinski definition) is 3. The Balaban J connectivity index is 1.88. The second-order valence-corrected chi connectivity index (χ2v) is 4.57. The van der Waals surface area contributed by atoms with Gasteiger partial charge in [0.15, 0.2) is 0 Å². The van der Waals surface area contributed by atoms with Gasteiger partial charge in [0.25, 0.3) is 11.6 Å². The molecule has 0 spiro atoms. The summed E-state index contributed by atoms with van der Waals surface area (Å²) < 4.78 is 5.05. The summed E-state index contributed by atoms with van der Waals surface area (Å²) in [5.74, 6) is -0.445. The molecule has 0 aliphatic carbocycles. The number of rotatable bonds is 6. The maximum atomic E-state index is 11.9. The molecule has 0 radical (unpaired) electrons. The summed E-state index contributed by atoms with van der Waals surface area (Å²) >= 11 is 0. The Morgan fingerprint density at radius 2 is 2.04 bits per heavy atom. The van der Waals surface area contributed by atoms with Crippen LogP contribution in [0, 0.1) is 10.1 Å². The van der Waals surface area contributed by atoms with E-state index >= 15 is 0 Å². The summed E-state index contributed by atoms with van der Waals surface area (Å²) in [6, 6.07) is 7.07. The summed E-state index contributed by atoms with van der Waals surface area (Å²) in [6.07, 6.45) is 1.48. The largest absolute Gasteiger partial charge is 0.467 e. The monoisotopic (exact) mass is 318 g/mol. The Labute approximate surface area is 130 Å². The van der Waals surface area contributed by atoms with Crippen LogP contribution in [0.1, 0.15) is 16.1 Å². The van der Waals surface area contributed by atoms with Crippen LogP contribution in [0.5, 0.6) is 0 Å². The third kappa shape index (κ3) is 4.30. The molecule has 1 aromatic carbocycles. The lowest BCUT2D eigenvalue weighted by Crippen LogP contribution is -2.36. The first kappa shape index (κ1) is 16.0. The molecule has 0 atom stereocenters. The molecule has 0 unspecified atom stereocenters. The average Bonchev–Trinajstić information content (AvgIpc) is 3.04. The van der Waals surface area contributed by atoms with Gasteiger partial charge in [-0.3, -0.25) is 19.7 Å². The number of anilines is 1. The van der Waals surface area contributed by atoms with Crippen molar-refractivity contribution in [1.82, 2.24) is 10.6 Å². The molecule has 23 heavy (non-hydrogen) atoms. The second-order valence-electron chi connectivity index (χ2n) is 4.57. The van der Waals surface area contributed by atoms with E-state index in [2.05, 4.69) is 10.6 Å². The van der Waals surface area contributed by atoms with E-state index in [1.807, 2.05) is 0 Å². The van der Waals surface area contributed by atoms with Crippen LogP contribution in [-0.2, 0) is 11.3 Å². The number of benzene rings is 1. The molecule has 0 fully saturated rings. The van der Waals surface area contributed by atoms with Gasteiger partial charge in [-0.2, -0.15) is 0 Å². The van der Waals surface area contributed by atoms with E-state index < -0.39 is 16.7 Å². The van der Waals surface area contributed by atoms with Crippen molar-refractivity contribution in [3.63, 3.8) is 0 Å². The Morgan fingerprint density at radius 1 is 1.26 bits per heavy atom. The highest BCUT2D eigenvalue weighted by Gasteiger charge is 2.16. The second kappa shape index (κ2) is 7.07. The summed E-state index contributed by atoms with van der Waals surface area (Å²) in [7, 11) is 0. The van der Waals surface area contributed by atoms with Gasteiger partial charge in [-0.15, -0.1) is 0 Å². The van der Waals surface area contributed by atoms with Gasteiger partial charge in [-0.25, -0.2) is 0 Å². The lowest BCUT2D eigenvalue weighted by atomic mass is 10.1. The van der Waals surface area contributed by atoms with Crippen LogP contribution >= 0.6 is 0 Å². The van der Waals surface area contributed by atoms with Crippen LogP contribution in [0.25, 0.3) is 0 Å². The van der Waals surface area contributed by atoms with Crippen molar-refractivity contribution in [1.29, 1.82) is 0 Å². The Kier molecular flexibility index (Phi) is 4.92. The van der Waals surface area contributed by atoms with Crippen molar-refractivity contribution in [2.75, 3.05) is 12.3 Å². The molecule has 0 saturated carbocycles. The predicted octanol–water partition coefficient (Wildman–Crippen LogP) is 0.816. The Bertz CT molecular complexity index is 727. The molecule has 2 amide bonds. The molecular weight excluding hydrogens is 304 g/mol. The predicted molar refractivity (Wildman–Crippen MR) is 80.4 cm³/mol. The summed E-state index contributed by atoms with van der Waals surface area (Å²) in [5, 5.41) is 15.7. The topological polar surface area (TPSA) is 140 Å². The van der Waals surface area contributed by atoms with Crippen molar-refractivity contribution in [2.24, 2.45) is 0 Å². The SMILES string of the molecule is Nc1ccc(C(=O)NCC(=O)NCc2ccco2)cc1[N+](=O)[O-]. The van der Waals surface area contributed by atoms with Crippen LogP contribution in [-0.4, -0.2) is 23.3 Å². The van der Waals surface area contributed by atoms with Crippen LogP contribution in [0.3, 0.4) is 0 Å². The normalized spacial score (nSPS) is 10.1. The molecule has 2 aromatic rings. The van der Waals surface area contributed by atoms with Crippen molar-refractivity contribution in [3.05, 3.63) is 58.0 Å². The average molecular weight is 318 g/mol. The van der Waals surface area contributed by atoms with Gasteiger partial charge in [0.2, 0.25) is 5.91 Å². The lowest BCUT2D eigenvalue weighted by Gasteiger charge is -2.06. The quantitative estimate of drug-likeness (QED) is 0.409. The molecule has 9 heteroatoms. The highest BCUT2D eigenvalue weighted by Crippen LogP contribution is 2.22. The van der Waals surface area contributed by atoms with E-state index in [1.54, 1.807) is 12.1 Å². The number of nitrogen functional groups attached to an aromatic ring is 1. The van der Waals surface area contributed by atoms with Gasteiger partial charge >= 0.3 is 0 Å². The van der Waals surface area contributed by atoms with Gasteiger partial charge in [0.1, 0.15) is 11.4 Å². The van der Waals surface area contributed by atoms with E-state index in [-0.39, 0.29) is 30.0 Å². The van der Waals surface area contributed by atoms with Gasteiger partial charge in [-0.05, 0) is 24.3 Å². The molecule has 1 aromatic heterocycles. The van der Waals surface area contributed by atoms with Crippen molar-refractivity contribution in [3.8, 4) is 0 Å². The molecule has 0 aliphatic heterocycles. The number of nitro benzene ring substituents is 1. The highest BCUT2D eigenvalue weighted by atomic mass is 16.6. The molecular formula is C14H14N4O5. The number of hydrogen-bond acceptors (Lipinski definition) is 6. The minimum absolute atomic E-state index is 0.0391. The smallest absolute Gasteiger partial charge is 0.292 e. The standard InChI is InChI=1S/C14H14N4O5/c15-11-4-3-9(6-12(11)18(21)22)14(20)17-8-13(19)16-7-10-2-1-5-23-10/h1-6H,7-8,15H2,(H,16,19)(H,17,20). The van der Waals surface area contributed by atoms with Gasteiger partial charge in [0.05, 0.1) is 24.3 Å². The fourth-order valence-electron chi connectivity index (χ4n) is 1.77. The lowest BCUT2D eigenvalue weighted by molar-refractivity contribution is -0.383. The van der Waals surface area contributed by atoms with Crippen LogP contribution in [0.15, 0.2) is 41.0 Å². The number of nitrogens with two attached hydrogens (primary N) is 1. The first-order valence-electron chi connectivity index (χ1n) is 6.58. The van der Waals surface area contributed by atoms with Crippen molar-refractivity contribution >= 4 is 23.2 Å². The van der Waals surface area contributed by atoms with Crippen LogP contribution in [0.4, 0.5) is 11.4 Å². The zero-order valence-electron chi connectivity index (χ0n) is 11.9. The molecule has 4 N–H and O–H groups in total. The zero-order chi connectivity index (χ0) is 16.8. The summed E-state index contributed by atoms with van der Waals surface area (Å²) in [4.78, 5) is 33.6. The number of amides is 2. The molecule has 0 bridgehead atoms. The number of carbonyl (C=O) groups excluding carboxylic acids is 2. The van der Waals surface area contributed by atoms with E-state index in [1.165, 1.54) is 18.4 Å². The molecule has 1 heterocycles. The van der Waals surface area contributed by atoms with E-state index in [0.29, 0.717) is 5.76 Å². The molecule has 0 aliphatic rings. The van der Waals surface area contributed by atoms with Gasteiger partial charge in [0, 0.05) is 11.6 Å². The highest BCUT2D eigenvalue weighted by molar-refractivity contribution is 5.97. The maximum absolute atomic E-state index is 11.9. The van der Waals surface area contributed by atoms with Gasteiger partial charge in [-0.1, -0.05) is 0 Å². The number of furan rings is 1. The molecule has 0 saturated heterocycles. The van der Waals surface area contributed by atoms with Crippen molar-refractivity contribution in [2.45, 2.75) is 6.54 Å². The fourth-order valence-corrected chi connectivity index (χ4v) is 1.77. The minimum atomic E-state index is -0.678. The summed E-state index contributed by atoms with van der Waals surface area (Å²) in [5.41, 5.74) is 5.10.